The molecule has 2 heterocycles. The van der Waals surface area contributed by atoms with Crippen molar-refractivity contribution in [3.63, 3.8) is 0 Å². The first-order valence-electron chi connectivity index (χ1n) is 9.13. The topological polar surface area (TPSA) is 92.3 Å². The number of hydrogen-bond acceptors (Lipinski definition) is 6. The molecule has 1 aromatic heterocycles. The molecule has 0 aliphatic carbocycles. The lowest BCUT2D eigenvalue weighted by Gasteiger charge is -2.22. The monoisotopic (exact) mass is 484 g/mol. The average Bonchev–Trinajstić information content (AvgIpc) is 3.41. The third kappa shape index (κ3) is 4.31. The van der Waals surface area contributed by atoms with E-state index in [9.17, 15) is 22.0 Å². The van der Waals surface area contributed by atoms with Gasteiger partial charge in [-0.2, -0.15) is 4.31 Å². The smallest absolute Gasteiger partial charge is 0.286 e. The second-order valence-corrected chi connectivity index (χ2v) is 10.0. The Hall–Kier alpha value is -2.47. The van der Waals surface area contributed by atoms with Gasteiger partial charge in [-0.15, -0.1) is 10.2 Å². The van der Waals surface area contributed by atoms with E-state index in [1.165, 1.54) is 22.5 Å². The molecule has 1 amide bonds. The Balaban J connectivity index is 1.57. The number of carbonyl (C=O) groups is 1. The Kier molecular flexibility index (Phi) is 6.02. The molecule has 0 saturated carbocycles. The molecule has 162 valence electrons. The number of rotatable bonds is 5. The zero-order valence-electron chi connectivity index (χ0n) is 15.8. The number of para-hydroxylation sites is 1. The number of nitrogens with one attached hydrogen (secondary N) is 1. The number of benzene rings is 2. The van der Waals surface area contributed by atoms with Crippen LogP contribution in [0.2, 0.25) is 5.02 Å². The fraction of sp³-hybridized carbons (Fsp3) is 0.211. The number of aromatic nitrogens is 2. The summed E-state index contributed by atoms with van der Waals surface area (Å²) in [7, 11) is -3.97. The molecule has 0 radical (unpaired) electrons. The van der Waals surface area contributed by atoms with Gasteiger partial charge in [0.25, 0.3) is 5.91 Å². The van der Waals surface area contributed by atoms with E-state index in [1.807, 2.05) is 0 Å². The average molecular weight is 485 g/mol. The summed E-state index contributed by atoms with van der Waals surface area (Å²) < 4.78 is 54.6. The summed E-state index contributed by atoms with van der Waals surface area (Å²) in [6, 6.07) is 8.29. The van der Waals surface area contributed by atoms with Gasteiger partial charge in [-0.3, -0.25) is 4.79 Å². The van der Waals surface area contributed by atoms with Gasteiger partial charge in [0.1, 0.15) is 16.6 Å². The van der Waals surface area contributed by atoms with Gasteiger partial charge in [0.05, 0.1) is 21.6 Å². The van der Waals surface area contributed by atoms with Crippen LogP contribution in [-0.4, -0.2) is 35.4 Å². The van der Waals surface area contributed by atoms with Gasteiger partial charge in [-0.25, -0.2) is 17.2 Å². The van der Waals surface area contributed by atoms with Crippen LogP contribution in [-0.2, 0) is 10.0 Å². The van der Waals surface area contributed by atoms with Gasteiger partial charge in [0, 0.05) is 6.54 Å². The lowest BCUT2D eigenvalue weighted by atomic mass is 10.2. The van der Waals surface area contributed by atoms with Gasteiger partial charge in [-0.1, -0.05) is 35.1 Å². The predicted molar refractivity (Wildman–Crippen MR) is 112 cm³/mol. The highest BCUT2D eigenvalue weighted by Crippen LogP contribution is 2.38. The Morgan fingerprint density at radius 1 is 1.16 bits per heavy atom. The predicted octanol–water partition coefficient (Wildman–Crippen LogP) is 4.25. The first kappa shape index (κ1) is 21.8. The van der Waals surface area contributed by atoms with Crippen LogP contribution in [0.15, 0.2) is 47.4 Å². The van der Waals surface area contributed by atoms with Crippen LogP contribution >= 0.6 is 22.9 Å². The molecule has 7 nitrogen and oxygen atoms in total. The van der Waals surface area contributed by atoms with Gasteiger partial charge in [0.2, 0.25) is 15.0 Å². The van der Waals surface area contributed by atoms with E-state index in [2.05, 4.69) is 15.5 Å². The van der Waals surface area contributed by atoms with E-state index in [0.717, 1.165) is 29.5 Å². The van der Waals surface area contributed by atoms with Crippen molar-refractivity contribution >= 4 is 44.6 Å². The SMILES string of the molecule is O=C(Nc1ccccc1F)c1nnc([C@@H]2CCCN2S(=O)(=O)c2ccc(F)c(Cl)c2)s1. The Bertz CT molecular complexity index is 1250. The summed E-state index contributed by atoms with van der Waals surface area (Å²) in [6.45, 7) is 0.234. The van der Waals surface area contributed by atoms with Crippen LogP contribution in [0.3, 0.4) is 0 Å². The van der Waals surface area contributed by atoms with E-state index >= 15 is 0 Å². The van der Waals surface area contributed by atoms with Gasteiger partial charge < -0.3 is 5.32 Å². The van der Waals surface area contributed by atoms with Gasteiger partial charge in [-0.05, 0) is 43.2 Å². The van der Waals surface area contributed by atoms with Gasteiger partial charge >= 0.3 is 0 Å². The number of halogens is 3. The van der Waals surface area contributed by atoms with Crippen molar-refractivity contribution in [1.82, 2.24) is 14.5 Å². The Morgan fingerprint density at radius 2 is 1.94 bits per heavy atom. The van der Waals surface area contributed by atoms with Crippen LogP contribution in [0.4, 0.5) is 14.5 Å². The molecule has 1 fully saturated rings. The maximum absolute atomic E-state index is 13.8. The Labute approximate surface area is 185 Å². The third-order valence-electron chi connectivity index (χ3n) is 4.74. The lowest BCUT2D eigenvalue weighted by molar-refractivity contribution is 0.102. The van der Waals surface area contributed by atoms with Gasteiger partial charge in [0.15, 0.2) is 0 Å². The molecule has 1 aliphatic rings. The highest BCUT2D eigenvalue weighted by atomic mass is 35.5. The second-order valence-electron chi connectivity index (χ2n) is 6.73. The maximum atomic E-state index is 13.8. The van der Waals surface area contributed by atoms with Crippen molar-refractivity contribution in [2.24, 2.45) is 0 Å². The number of nitrogens with zero attached hydrogens (tertiary/aromatic N) is 3. The number of sulfonamides is 1. The normalized spacial score (nSPS) is 17.1. The molecule has 12 heteroatoms. The summed E-state index contributed by atoms with van der Waals surface area (Å²) in [5.74, 6) is -1.95. The molecule has 0 spiro atoms. The van der Waals surface area contributed by atoms with Crippen LogP contribution in [0.5, 0.6) is 0 Å². The van der Waals surface area contributed by atoms with E-state index in [1.54, 1.807) is 6.07 Å². The maximum Gasteiger partial charge on any atom is 0.286 e. The lowest BCUT2D eigenvalue weighted by Crippen LogP contribution is -2.30. The number of anilines is 1. The molecule has 0 bridgehead atoms. The van der Waals surface area contributed by atoms with Crippen molar-refractivity contribution in [3.05, 3.63) is 69.1 Å². The molecule has 0 unspecified atom stereocenters. The summed E-state index contributed by atoms with van der Waals surface area (Å²) in [6.07, 6.45) is 1.06. The standard InChI is InChI=1S/C19H15ClF2N4O3S2/c20-12-10-11(7-8-13(12)21)31(28,29)26-9-3-6-16(26)18-24-25-19(30-18)17(27)23-15-5-2-1-4-14(15)22/h1-2,4-5,7-8,10,16H,3,6,9H2,(H,23,27)/t16-/m0/s1. The summed E-state index contributed by atoms with van der Waals surface area (Å²) >= 11 is 6.68. The van der Waals surface area contributed by atoms with Crippen LogP contribution in [0.25, 0.3) is 0 Å². The van der Waals surface area contributed by atoms with E-state index in [0.29, 0.717) is 17.8 Å². The summed E-state index contributed by atoms with van der Waals surface area (Å²) in [4.78, 5) is 12.3. The summed E-state index contributed by atoms with van der Waals surface area (Å²) in [5.41, 5.74) is 0.00232. The van der Waals surface area contributed by atoms with Crippen LogP contribution in [0, 0.1) is 11.6 Å². The molecule has 4 rings (SSSR count). The molecule has 2 aromatic carbocycles. The molecular formula is C19H15ClF2N4O3S2. The number of carbonyl (C=O) groups excluding carboxylic acids is 1. The molecule has 31 heavy (non-hydrogen) atoms. The van der Waals surface area contributed by atoms with Crippen LogP contribution in [0.1, 0.15) is 33.7 Å². The summed E-state index contributed by atoms with van der Waals surface area (Å²) in [5, 5.41) is 10.3. The van der Waals surface area contributed by atoms with Crippen molar-refractivity contribution in [3.8, 4) is 0 Å². The molecule has 1 atom stereocenters. The zero-order valence-corrected chi connectivity index (χ0v) is 18.1. The third-order valence-corrected chi connectivity index (χ3v) is 7.96. The number of amides is 1. The Morgan fingerprint density at radius 3 is 2.68 bits per heavy atom. The quantitative estimate of drug-likeness (QED) is 0.584. The highest BCUT2D eigenvalue weighted by Gasteiger charge is 2.38. The minimum atomic E-state index is -3.97. The van der Waals surface area contributed by atoms with E-state index in [-0.39, 0.29) is 27.2 Å². The minimum Gasteiger partial charge on any atom is -0.317 e. The first-order valence-corrected chi connectivity index (χ1v) is 11.8. The molecular weight excluding hydrogens is 470 g/mol. The number of hydrogen-bond donors (Lipinski definition) is 1. The second kappa shape index (κ2) is 8.58. The molecule has 3 aromatic rings. The van der Waals surface area contributed by atoms with Crippen LogP contribution < -0.4 is 5.32 Å². The van der Waals surface area contributed by atoms with E-state index in [4.69, 9.17) is 11.6 Å². The van der Waals surface area contributed by atoms with Crippen molar-refractivity contribution in [2.45, 2.75) is 23.8 Å². The fourth-order valence-corrected chi connectivity index (χ4v) is 6.13. The molecule has 1 saturated heterocycles. The molecule has 1 aliphatic heterocycles. The zero-order chi connectivity index (χ0) is 22.2. The minimum absolute atomic E-state index is 0.00232. The largest absolute Gasteiger partial charge is 0.317 e. The van der Waals surface area contributed by atoms with Crippen molar-refractivity contribution in [2.75, 3.05) is 11.9 Å². The van der Waals surface area contributed by atoms with Crippen molar-refractivity contribution in [1.29, 1.82) is 0 Å². The van der Waals surface area contributed by atoms with Crippen molar-refractivity contribution < 1.29 is 22.0 Å². The van der Waals surface area contributed by atoms with E-state index < -0.39 is 33.6 Å². The fourth-order valence-electron chi connectivity index (χ4n) is 3.25. The molecule has 1 N–H and O–H groups in total. The highest BCUT2D eigenvalue weighted by molar-refractivity contribution is 7.89. The first-order chi connectivity index (χ1) is 14.8.